The maximum Gasteiger partial charge on any atom is 0.292 e. The molecule has 7 heteroatoms. The standard InChI is InChI=1S/C19H17ClN4O2/c1-2-10-24-19(26)16-9-4-3-8-15(16)17(23-24)18(25)22-21-12-13-6-5-7-14(20)11-13/h3-9,11-12H,2,10H2,1H3,(H,22,25)/b21-12+. The van der Waals surface area contributed by atoms with Crippen LogP contribution in [0.1, 0.15) is 29.4 Å². The number of carbonyl (C=O) groups excluding carboxylic acids is 1. The molecule has 6 nitrogen and oxygen atoms in total. The third-order valence-corrected chi connectivity index (χ3v) is 3.98. The first kappa shape index (κ1) is 17.8. The smallest absolute Gasteiger partial charge is 0.267 e. The number of rotatable bonds is 5. The molecular formula is C19H17ClN4O2. The van der Waals surface area contributed by atoms with E-state index in [0.717, 1.165) is 12.0 Å². The third kappa shape index (κ3) is 3.81. The second kappa shape index (κ2) is 7.93. The van der Waals surface area contributed by atoms with Gasteiger partial charge in [0.25, 0.3) is 11.5 Å². The van der Waals surface area contributed by atoms with E-state index in [0.29, 0.717) is 22.3 Å². The van der Waals surface area contributed by atoms with Gasteiger partial charge in [0.15, 0.2) is 5.69 Å². The molecule has 0 saturated heterocycles. The summed E-state index contributed by atoms with van der Waals surface area (Å²) in [6.07, 6.45) is 2.23. The lowest BCUT2D eigenvalue weighted by Gasteiger charge is -2.09. The lowest BCUT2D eigenvalue weighted by atomic mass is 10.1. The molecule has 1 heterocycles. The highest BCUT2D eigenvalue weighted by Gasteiger charge is 2.15. The number of benzene rings is 2. The molecule has 0 aliphatic heterocycles. The van der Waals surface area contributed by atoms with Gasteiger partial charge in [-0.15, -0.1) is 0 Å². The number of halogens is 1. The maximum atomic E-state index is 12.6. The molecule has 0 atom stereocenters. The summed E-state index contributed by atoms with van der Waals surface area (Å²) in [5.74, 6) is -0.482. The van der Waals surface area contributed by atoms with Crippen molar-refractivity contribution in [1.29, 1.82) is 0 Å². The summed E-state index contributed by atoms with van der Waals surface area (Å²) in [5, 5.41) is 9.72. The molecule has 1 aromatic heterocycles. The van der Waals surface area contributed by atoms with Gasteiger partial charge in [-0.1, -0.05) is 48.9 Å². The molecule has 2 aromatic carbocycles. The second-order valence-corrected chi connectivity index (χ2v) is 6.11. The number of amides is 1. The molecule has 1 amide bonds. The number of fused-ring (bicyclic) bond motifs is 1. The van der Waals surface area contributed by atoms with Crippen molar-refractivity contribution < 1.29 is 4.79 Å². The second-order valence-electron chi connectivity index (χ2n) is 5.68. The average molecular weight is 369 g/mol. The summed E-state index contributed by atoms with van der Waals surface area (Å²) in [5.41, 5.74) is 3.17. The van der Waals surface area contributed by atoms with Gasteiger partial charge in [0.1, 0.15) is 0 Å². The Balaban J connectivity index is 1.92. The normalized spacial score (nSPS) is 11.2. The molecular weight excluding hydrogens is 352 g/mol. The molecule has 1 N–H and O–H groups in total. The van der Waals surface area contributed by atoms with Crippen molar-refractivity contribution in [2.45, 2.75) is 19.9 Å². The summed E-state index contributed by atoms with van der Waals surface area (Å²) < 4.78 is 1.32. The van der Waals surface area contributed by atoms with E-state index in [4.69, 9.17) is 11.6 Å². The lowest BCUT2D eigenvalue weighted by molar-refractivity contribution is 0.0949. The number of nitrogens with one attached hydrogen (secondary N) is 1. The van der Waals surface area contributed by atoms with Gasteiger partial charge in [-0.25, -0.2) is 10.1 Å². The molecule has 0 radical (unpaired) electrons. The highest BCUT2D eigenvalue weighted by atomic mass is 35.5. The number of nitrogens with zero attached hydrogens (tertiary/aromatic N) is 3. The van der Waals surface area contributed by atoms with Crippen LogP contribution in [0.15, 0.2) is 58.4 Å². The predicted octanol–water partition coefficient (Wildman–Crippen LogP) is 3.22. The van der Waals surface area contributed by atoms with E-state index in [1.165, 1.54) is 10.9 Å². The Morgan fingerprint density at radius 1 is 1.23 bits per heavy atom. The van der Waals surface area contributed by atoms with E-state index >= 15 is 0 Å². The molecule has 0 spiro atoms. The van der Waals surface area contributed by atoms with E-state index in [-0.39, 0.29) is 11.3 Å². The van der Waals surface area contributed by atoms with Crippen molar-refractivity contribution >= 4 is 34.5 Å². The SMILES string of the molecule is CCCn1nc(C(=O)N/N=C/c2cccc(Cl)c2)c2ccccc2c1=O. The largest absolute Gasteiger partial charge is 0.292 e. The van der Waals surface area contributed by atoms with Crippen LogP contribution in [0.3, 0.4) is 0 Å². The predicted molar refractivity (Wildman–Crippen MR) is 103 cm³/mol. The molecule has 0 unspecified atom stereocenters. The Morgan fingerprint density at radius 3 is 2.73 bits per heavy atom. The summed E-state index contributed by atoms with van der Waals surface area (Å²) in [6.45, 7) is 2.38. The van der Waals surface area contributed by atoms with Crippen LogP contribution < -0.4 is 11.0 Å². The van der Waals surface area contributed by atoms with Crippen molar-refractivity contribution in [3.8, 4) is 0 Å². The third-order valence-electron chi connectivity index (χ3n) is 3.75. The Kier molecular flexibility index (Phi) is 5.43. The van der Waals surface area contributed by atoms with Crippen LogP contribution in [-0.4, -0.2) is 21.9 Å². The van der Waals surface area contributed by atoms with Crippen LogP contribution in [0.25, 0.3) is 10.8 Å². The first-order valence-electron chi connectivity index (χ1n) is 8.19. The summed E-state index contributed by atoms with van der Waals surface area (Å²) in [6, 6.07) is 14.0. The summed E-state index contributed by atoms with van der Waals surface area (Å²) in [7, 11) is 0. The van der Waals surface area contributed by atoms with E-state index < -0.39 is 5.91 Å². The Morgan fingerprint density at radius 2 is 2.00 bits per heavy atom. The van der Waals surface area contributed by atoms with E-state index in [2.05, 4.69) is 15.6 Å². The van der Waals surface area contributed by atoms with Crippen LogP contribution in [0.5, 0.6) is 0 Å². The molecule has 3 aromatic rings. The number of carbonyl (C=O) groups is 1. The van der Waals surface area contributed by atoms with Crippen molar-refractivity contribution in [2.24, 2.45) is 5.10 Å². The summed E-state index contributed by atoms with van der Waals surface area (Å²) >= 11 is 5.92. The van der Waals surface area contributed by atoms with Gasteiger partial charge < -0.3 is 0 Å². The fourth-order valence-corrected chi connectivity index (χ4v) is 2.77. The zero-order chi connectivity index (χ0) is 18.5. The van der Waals surface area contributed by atoms with Gasteiger partial charge in [0.05, 0.1) is 11.6 Å². The van der Waals surface area contributed by atoms with Gasteiger partial charge in [-0.05, 0) is 30.2 Å². The topological polar surface area (TPSA) is 76.3 Å². The first-order valence-corrected chi connectivity index (χ1v) is 8.56. The Labute approximate surface area is 155 Å². The summed E-state index contributed by atoms with van der Waals surface area (Å²) in [4.78, 5) is 25.0. The number of aryl methyl sites for hydroxylation is 1. The molecule has 0 bridgehead atoms. The molecule has 0 aliphatic carbocycles. The van der Waals surface area contributed by atoms with E-state index in [1.54, 1.807) is 42.5 Å². The van der Waals surface area contributed by atoms with Crippen LogP contribution in [0, 0.1) is 0 Å². The first-order chi connectivity index (χ1) is 12.6. The molecule has 132 valence electrons. The zero-order valence-corrected chi connectivity index (χ0v) is 14.9. The van der Waals surface area contributed by atoms with Crippen LogP contribution >= 0.6 is 11.6 Å². The van der Waals surface area contributed by atoms with Crippen LogP contribution in [0.4, 0.5) is 0 Å². The van der Waals surface area contributed by atoms with Crippen molar-refractivity contribution in [2.75, 3.05) is 0 Å². The van der Waals surface area contributed by atoms with Gasteiger partial charge in [0, 0.05) is 17.0 Å². The van der Waals surface area contributed by atoms with Crippen LogP contribution in [0.2, 0.25) is 5.02 Å². The van der Waals surface area contributed by atoms with Gasteiger partial charge in [0.2, 0.25) is 0 Å². The average Bonchev–Trinajstić information content (AvgIpc) is 2.64. The fraction of sp³-hybridized carbons (Fsp3) is 0.158. The quantitative estimate of drug-likeness (QED) is 0.555. The van der Waals surface area contributed by atoms with Crippen LogP contribution in [-0.2, 0) is 6.54 Å². The molecule has 26 heavy (non-hydrogen) atoms. The fourth-order valence-electron chi connectivity index (χ4n) is 2.57. The van der Waals surface area contributed by atoms with Gasteiger partial charge in [-0.3, -0.25) is 9.59 Å². The number of hydrazone groups is 1. The Bertz CT molecular complexity index is 1040. The van der Waals surface area contributed by atoms with Crippen molar-refractivity contribution in [3.05, 3.63) is 75.2 Å². The van der Waals surface area contributed by atoms with Crippen molar-refractivity contribution in [3.63, 3.8) is 0 Å². The Hall–Kier alpha value is -2.99. The number of hydrogen-bond donors (Lipinski definition) is 1. The minimum absolute atomic E-state index is 0.164. The number of hydrogen-bond acceptors (Lipinski definition) is 4. The van der Waals surface area contributed by atoms with Crippen molar-refractivity contribution in [1.82, 2.24) is 15.2 Å². The molecule has 0 fully saturated rings. The highest BCUT2D eigenvalue weighted by Crippen LogP contribution is 2.13. The minimum atomic E-state index is -0.482. The molecule has 3 rings (SSSR count). The zero-order valence-electron chi connectivity index (χ0n) is 14.1. The lowest BCUT2D eigenvalue weighted by Crippen LogP contribution is -2.29. The maximum absolute atomic E-state index is 12.6. The van der Waals surface area contributed by atoms with E-state index in [1.807, 2.05) is 13.0 Å². The van der Waals surface area contributed by atoms with Gasteiger partial charge >= 0.3 is 0 Å². The van der Waals surface area contributed by atoms with E-state index in [9.17, 15) is 9.59 Å². The molecule has 0 aliphatic rings. The monoisotopic (exact) mass is 368 g/mol. The molecule has 0 saturated carbocycles. The number of aromatic nitrogens is 2. The van der Waals surface area contributed by atoms with Gasteiger partial charge in [-0.2, -0.15) is 10.2 Å². The highest BCUT2D eigenvalue weighted by molar-refractivity contribution is 6.30. The minimum Gasteiger partial charge on any atom is -0.267 e.